The monoisotopic (exact) mass is 572 g/mol. The summed E-state index contributed by atoms with van der Waals surface area (Å²) in [4.78, 5) is 9.59. The molecule has 8 nitrogen and oxygen atoms in total. The van der Waals surface area contributed by atoms with E-state index in [1.54, 1.807) is 24.4 Å². The fourth-order valence-electron chi connectivity index (χ4n) is 6.00. The molecule has 0 atom stereocenters. The molecule has 3 aromatic heterocycles. The molecule has 0 radical (unpaired) electrons. The fourth-order valence-corrected chi connectivity index (χ4v) is 7.35. The maximum Gasteiger partial charge on any atom is 0.504 e. The lowest BCUT2D eigenvalue weighted by atomic mass is 9.81. The van der Waals surface area contributed by atoms with E-state index in [1.165, 1.54) is 18.3 Å². The van der Waals surface area contributed by atoms with Gasteiger partial charge in [0.2, 0.25) is 0 Å². The zero-order valence-corrected chi connectivity index (χ0v) is 22.9. The average Bonchev–Trinajstić information content (AvgIpc) is 3.60. The van der Waals surface area contributed by atoms with Crippen LogP contribution in [0.5, 0.6) is 0 Å². The molecule has 1 aliphatic carbocycles. The number of rotatable bonds is 5. The van der Waals surface area contributed by atoms with Crippen molar-refractivity contribution >= 4 is 21.1 Å². The molecule has 0 amide bonds. The first-order chi connectivity index (χ1) is 19.1. The summed E-state index contributed by atoms with van der Waals surface area (Å²) in [6, 6.07) is 10.4. The molecule has 4 heterocycles. The number of piperazine rings is 1. The van der Waals surface area contributed by atoms with Gasteiger partial charge in [-0.05, 0) is 62.4 Å². The van der Waals surface area contributed by atoms with Crippen LogP contribution in [-0.2, 0) is 16.3 Å². The molecule has 40 heavy (non-hydrogen) atoms. The lowest BCUT2D eigenvalue weighted by Gasteiger charge is -2.41. The third-order valence-electron chi connectivity index (χ3n) is 8.31. The number of aromatic nitrogens is 4. The second kappa shape index (κ2) is 10.3. The van der Waals surface area contributed by atoms with Crippen LogP contribution in [0.2, 0.25) is 0 Å². The number of pyridine rings is 1. The predicted octanol–water partition coefficient (Wildman–Crippen LogP) is 4.89. The second-order valence-electron chi connectivity index (χ2n) is 10.8. The van der Waals surface area contributed by atoms with Gasteiger partial charge in [0, 0.05) is 67.3 Å². The predicted molar refractivity (Wildman–Crippen MR) is 145 cm³/mol. The first kappa shape index (κ1) is 27.0. The Balaban J connectivity index is 1.36. The van der Waals surface area contributed by atoms with E-state index in [4.69, 9.17) is 0 Å². The van der Waals surface area contributed by atoms with E-state index < -0.39 is 16.3 Å². The maximum atomic E-state index is 13.6. The van der Waals surface area contributed by atoms with Crippen molar-refractivity contribution in [1.29, 1.82) is 0 Å². The van der Waals surface area contributed by atoms with Gasteiger partial charge in [0.1, 0.15) is 0 Å². The van der Waals surface area contributed by atoms with E-state index in [-0.39, 0.29) is 26.7 Å². The number of halogens is 3. The number of hydrogen-bond acceptors (Lipinski definition) is 6. The lowest BCUT2D eigenvalue weighted by Crippen LogP contribution is -2.49. The Kier molecular flexibility index (Phi) is 6.96. The smallest absolute Gasteiger partial charge is 0.304 e. The van der Waals surface area contributed by atoms with Crippen molar-refractivity contribution in [1.82, 2.24) is 28.5 Å². The van der Waals surface area contributed by atoms with Crippen molar-refractivity contribution in [3.05, 3.63) is 66.7 Å². The highest BCUT2D eigenvalue weighted by molar-refractivity contribution is 7.90. The highest BCUT2D eigenvalue weighted by Crippen LogP contribution is 2.39. The van der Waals surface area contributed by atoms with Crippen LogP contribution >= 0.6 is 0 Å². The first-order valence-electron chi connectivity index (χ1n) is 13.5. The van der Waals surface area contributed by atoms with Crippen LogP contribution in [0.1, 0.15) is 37.2 Å². The molecule has 0 N–H and O–H groups in total. The Morgan fingerprint density at radius 3 is 2.27 bits per heavy atom. The average molecular weight is 573 g/mol. The van der Waals surface area contributed by atoms with Gasteiger partial charge in [-0.1, -0.05) is 18.2 Å². The molecule has 0 spiro atoms. The number of alkyl halides is 3. The molecular weight excluding hydrogens is 541 g/mol. The fraction of sp³-hybridized carbons (Fsp3) is 0.429. The molecule has 1 aromatic carbocycles. The second-order valence-corrected chi connectivity index (χ2v) is 12.6. The zero-order chi connectivity index (χ0) is 28.1. The molecule has 0 bridgehead atoms. The van der Waals surface area contributed by atoms with Gasteiger partial charge in [-0.25, -0.2) is 17.4 Å². The molecule has 1 saturated heterocycles. The van der Waals surface area contributed by atoms with Gasteiger partial charge in [-0.3, -0.25) is 4.90 Å². The largest absolute Gasteiger partial charge is 0.504 e. The summed E-state index contributed by atoms with van der Waals surface area (Å²) in [5.41, 5.74) is 1.66. The molecule has 1 aliphatic heterocycles. The van der Waals surface area contributed by atoms with E-state index in [0.717, 1.165) is 73.8 Å². The third-order valence-corrected chi connectivity index (χ3v) is 9.97. The number of benzene rings is 1. The van der Waals surface area contributed by atoms with Crippen LogP contribution < -0.4 is 0 Å². The van der Waals surface area contributed by atoms with Crippen molar-refractivity contribution in [2.24, 2.45) is 0 Å². The molecule has 6 rings (SSSR count). The van der Waals surface area contributed by atoms with E-state index in [9.17, 15) is 21.6 Å². The summed E-state index contributed by atoms with van der Waals surface area (Å²) in [7, 11) is -1.89. The summed E-state index contributed by atoms with van der Waals surface area (Å²) in [5, 5.41) is 3.96. The van der Waals surface area contributed by atoms with Crippen LogP contribution in [-0.4, -0.2) is 76.2 Å². The van der Waals surface area contributed by atoms with Gasteiger partial charge in [-0.2, -0.15) is 9.78 Å². The quantitative estimate of drug-likeness (QED) is 0.339. The molecule has 212 valence electrons. The van der Waals surface area contributed by atoms with Gasteiger partial charge >= 0.3 is 6.30 Å². The van der Waals surface area contributed by atoms with Gasteiger partial charge in [0.05, 0.1) is 11.1 Å². The van der Waals surface area contributed by atoms with E-state index in [2.05, 4.69) is 26.9 Å². The summed E-state index contributed by atoms with van der Waals surface area (Å²) < 4.78 is 68.1. The minimum atomic E-state index is -4.68. The number of nitrogens with zero attached hydrogens (tertiary/aromatic N) is 6. The molecular formula is C28H31F3N6O2S. The SMILES string of the molecule is CN1CCN([C@H]2CC[C@H](c3cnc4c(c3)c(-c3cnn(C(F)(F)F)c3)cn4S(=O)(=O)c3ccccc3)CC2)CC1. The minimum absolute atomic E-state index is 0.0672. The van der Waals surface area contributed by atoms with Crippen LogP contribution in [0.3, 0.4) is 0 Å². The number of fused-ring (bicyclic) bond motifs is 1. The minimum Gasteiger partial charge on any atom is -0.304 e. The molecule has 4 aromatic rings. The van der Waals surface area contributed by atoms with Gasteiger partial charge in [0.25, 0.3) is 10.0 Å². The molecule has 12 heteroatoms. The Labute approximate surface area is 231 Å². The summed E-state index contributed by atoms with van der Waals surface area (Å²) >= 11 is 0. The van der Waals surface area contributed by atoms with Gasteiger partial charge in [-0.15, -0.1) is 13.2 Å². The van der Waals surface area contributed by atoms with Crippen LogP contribution in [0.25, 0.3) is 22.2 Å². The molecule has 2 fully saturated rings. The Morgan fingerprint density at radius 2 is 1.62 bits per heavy atom. The Hall–Kier alpha value is -3.22. The highest BCUT2D eigenvalue weighted by atomic mass is 32.2. The molecule has 2 aliphatic rings. The molecule has 0 unspecified atom stereocenters. The van der Waals surface area contributed by atoms with Crippen LogP contribution in [0.15, 0.2) is 66.1 Å². The topological polar surface area (TPSA) is 76.3 Å². The van der Waals surface area contributed by atoms with Gasteiger partial charge in [0.15, 0.2) is 5.65 Å². The van der Waals surface area contributed by atoms with E-state index in [1.807, 2.05) is 6.07 Å². The van der Waals surface area contributed by atoms with Crippen molar-refractivity contribution in [3.63, 3.8) is 0 Å². The first-order valence-corrected chi connectivity index (χ1v) is 14.9. The normalized spacial score (nSPS) is 21.7. The summed E-state index contributed by atoms with van der Waals surface area (Å²) in [6.45, 7) is 4.32. The third kappa shape index (κ3) is 5.04. The molecule has 1 saturated carbocycles. The van der Waals surface area contributed by atoms with Crippen molar-refractivity contribution < 1.29 is 21.6 Å². The lowest BCUT2D eigenvalue weighted by molar-refractivity contribution is -0.212. The highest BCUT2D eigenvalue weighted by Gasteiger charge is 2.33. The van der Waals surface area contributed by atoms with Crippen LogP contribution in [0.4, 0.5) is 13.2 Å². The van der Waals surface area contributed by atoms with Crippen molar-refractivity contribution in [2.75, 3.05) is 33.2 Å². The zero-order valence-electron chi connectivity index (χ0n) is 22.1. The van der Waals surface area contributed by atoms with Gasteiger partial charge < -0.3 is 4.90 Å². The maximum absolute atomic E-state index is 13.6. The summed E-state index contributed by atoms with van der Waals surface area (Å²) in [5.74, 6) is 0.250. The summed E-state index contributed by atoms with van der Waals surface area (Å²) in [6.07, 6.45) is 4.48. The van der Waals surface area contributed by atoms with Crippen molar-refractivity contribution in [3.8, 4) is 11.1 Å². The number of hydrogen-bond donors (Lipinski definition) is 0. The van der Waals surface area contributed by atoms with Crippen molar-refractivity contribution in [2.45, 2.75) is 48.8 Å². The van der Waals surface area contributed by atoms with Crippen LogP contribution in [0, 0.1) is 0 Å². The standard InChI is InChI=1S/C28H31F3N6O2S/c1-34-11-13-35(14-12-34)23-9-7-20(8-10-23)21-15-25-26(22-17-33-37(18-22)28(29,30)31)19-36(27(25)32-16-21)40(38,39)24-5-3-2-4-6-24/h2-6,15-20,23H,7-14H2,1H3/t20-,23-. The van der Waals surface area contributed by atoms with E-state index in [0.29, 0.717) is 17.0 Å². The Bertz CT molecular complexity index is 1600. The number of likely N-dealkylation sites (N-methyl/N-ethyl adjacent to an activating group) is 1. The Morgan fingerprint density at radius 1 is 0.925 bits per heavy atom. The van der Waals surface area contributed by atoms with E-state index >= 15 is 0 Å².